The molecule has 2 aliphatic rings. The minimum atomic E-state index is -0.882. The number of rotatable bonds is 1. The molecule has 0 saturated heterocycles. The number of hydrogen-bond donors (Lipinski definition) is 0. The molecule has 2 nitrogen and oxygen atoms in total. The Morgan fingerprint density at radius 2 is 2.11 bits per heavy atom. The molecular formula is C15H8ClCuO2. The summed E-state index contributed by atoms with van der Waals surface area (Å²) < 4.78 is 0. The minimum absolute atomic E-state index is 0. The first-order valence-corrected chi connectivity index (χ1v) is 5.80. The van der Waals surface area contributed by atoms with Crippen molar-refractivity contribution in [2.75, 3.05) is 0 Å². The predicted molar refractivity (Wildman–Crippen MR) is 68.0 cm³/mol. The van der Waals surface area contributed by atoms with Gasteiger partial charge in [0.25, 0.3) is 0 Å². The molecule has 98 valence electrons. The van der Waals surface area contributed by atoms with Crippen molar-refractivity contribution in [3.05, 3.63) is 41.9 Å². The van der Waals surface area contributed by atoms with Crippen LogP contribution in [0.3, 0.4) is 0 Å². The Labute approximate surface area is 127 Å². The third kappa shape index (κ3) is 3.28. The van der Waals surface area contributed by atoms with Gasteiger partial charge >= 0.3 is 17.1 Å². The monoisotopic (exact) mass is 318 g/mol. The number of ketones is 2. The van der Waals surface area contributed by atoms with E-state index >= 15 is 0 Å². The van der Waals surface area contributed by atoms with Crippen LogP contribution in [-0.2, 0) is 26.7 Å². The summed E-state index contributed by atoms with van der Waals surface area (Å²) in [4.78, 5) is 23.3. The van der Waals surface area contributed by atoms with Gasteiger partial charge in [-0.2, -0.15) is 0 Å². The average molecular weight is 319 g/mol. The Morgan fingerprint density at radius 3 is 2.79 bits per heavy atom. The topological polar surface area (TPSA) is 34.1 Å². The van der Waals surface area contributed by atoms with Crippen molar-refractivity contribution in [1.82, 2.24) is 0 Å². The zero-order chi connectivity index (χ0) is 13.1. The normalized spacial score (nSPS) is 24.1. The fraction of sp³-hybridized carbons (Fsp3) is 0.200. The van der Waals surface area contributed by atoms with E-state index in [9.17, 15) is 9.59 Å². The van der Waals surface area contributed by atoms with E-state index in [2.05, 4.69) is 11.8 Å². The number of alkyl halides is 1. The molecule has 0 radical (unpaired) electrons. The van der Waals surface area contributed by atoms with E-state index in [1.807, 2.05) is 0 Å². The van der Waals surface area contributed by atoms with Crippen molar-refractivity contribution >= 4 is 23.2 Å². The summed E-state index contributed by atoms with van der Waals surface area (Å²) in [6.07, 6.45) is 14.3. The Morgan fingerprint density at radius 1 is 1.42 bits per heavy atom. The molecule has 0 spiro atoms. The third-order valence-corrected chi connectivity index (χ3v) is 3.33. The van der Waals surface area contributed by atoms with Gasteiger partial charge in [0.1, 0.15) is 0 Å². The molecule has 0 aliphatic heterocycles. The molecule has 0 fully saturated rings. The number of halogens is 1. The van der Waals surface area contributed by atoms with Gasteiger partial charge in [-0.3, -0.25) is 10.7 Å². The summed E-state index contributed by atoms with van der Waals surface area (Å²) in [6, 6.07) is 0. The quantitative estimate of drug-likeness (QED) is 0.243. The fourth-order valence-corrected chi connectivity index (χ4v) is 2.15. The Balaban J connectivity index is 0.00000180. The van der Waals surface area contributed by atoms with Gasteiger partial charge in [-0.25, -0.2) is 0 Å². The molecule has 0 aromatic carbocycles. The Hall–Kier alpha value is -1.51. The van der Waals surface area contributed by atoms with Crippen molar-refractivity contribution < 1.29 is 26.7 Å². The van der Waals surface area contributed by atoms with Gasteiger partial charge in [-0.1, -0.05) is 30.2 Å². The maximum Gasteiger partial charge on any atom is 1.00 e. The second-order valence-corrected chi connectivity index (χ2v) is 4.43. The Bertz CT molecular complexity index is 608. The van der Waals surface area contributed by atoms with E-state index < -0.39 is 17.1 Å². The maximum absolute atomic E-state index is 11.8. The van der Waals surface area contributed by atoms with E-state index in [1.54, 1.807) is 30.2 Å². The summed E-state index contributed by atoms with van der Waals surface area (Å²) >= 11 is 6.23. The van der Waals surface area contributed by atoms with E-state index in [0.29, 0.717) is 12.0 Å². The van der Waals surface area contributed by atoms with Crippen molar-refractivity contribution in [3.63, 3.8) is 0 Å². The summed E-state index contributed by atoms with van der Waals surface area (Å²) in [7, 11) is 0. The van der Waals surface area contributed by atoms with Gasteiger partial charge in [-0.05, 0) is 17.9 Å². The van der Waals surface area contributed by atoms with Gasteiger partial charge < -0.3 is 11.2 Å². The summed E-state index contributed by atoms with van der Waals surface area (Å²) in [5, 5.41) is -0.637. The molecule has 0 saturated carbocycles. The van der Waals surface area contributed by atoms with Crippen molar-refractivity contribution in [2.45, 2.75) is 11.8 Å². The minimum Gasteiger partial charge on any atom is -0.396 e. The Kier molecular flexibility index (Phi) is 5.40. The summed E-state index contributed by atoms with van der Waals surface area (Å²) in [5.41, 5.74) is 1.32. The van der Waals surface area contributed by atoms with Crippen LogP contribution in [0.2, 0.25) is 0 Å². The van der Waals surface area contributed by atoms with E-state index in [-0.39, 0.29) is 22.9 Å². The van der Waals surface area contributed by atoms with Gasteiger partial charge in [0.15, 0.2) is 0 Å². The summed E-state index contributed by atoms with van der Waals surface area (Å²) in [6.45, 7) is 0. The SMILES string of the molecule is [C-]#CC(=O)C1C#CC(=O)C2=CC=CC=C(C2)C1Cl.[Cu+]. The van der Waals surface area contributed by atoms with E-state index in [0.717, 1.165) is 5.57 Å². The molecule has 19 heavy (non-hydrogen) atoms. The zero-order valence-electron chi connectivity index (χ0n) is 9.67. The molecule has 2 aliphatic carbocycles. The molecule has 0 aromatic rings. The van der Waals surface area contributed by atoms with Crippen molar-refractivity contribution in [2.24, 2.45) is 5.92 Å². The van der Waals surface area contributed by atoms with Gasteiger partial charge in [-0.15, -0.1) is 11.6 Å². The van der Waals surface area contributed by atoms with Crippen LogP contribution in [0, 0.1) is 30.1 Å². The molecule has 2 bridgehead atoms. The zero-order valence-corrected chi connectivity index (χ0v) is 11.4. The van der Waals surface area contributed by atoms with Crippen LogP contribution in [0.1, 0.15) is 6.42 Å². The fourth-order valence-electron chi connectivity index (χ4n) is 1.82. The van der Waals surface area contributed by atoms with Crippen LogP contribution in [0.15, 0.2) is 35.5 Å². The van der Waals surface area contributed by atoms with Crippen molar-refractivity contribution in [1.29, 1.82) is 0 Å². The largest absolute Gasteiger partial charge is 1.00 e. The molecule has 2 unspecified atom stereocenters. The first kappa shape index (κ1) is 15.5. The number of allylic oxidation sites excluding steroid dienone is 6. The number of Topliss-reactive ketones (excluding diaryl/α,β-unsaturated/α-hetero) is 2. The molecule has 4 heteroatoms. The molecular weight excluding hydrogens is 311 g/mol. The smallest absolute Gasteiger partial charge is 0.396 e. The molecule has 2 atom stereocenters. The molecule has 0 aromatic heterocycles. The standard InChI is InChI=1S/C15H8ClO2.Cu/c1-2-13(17)12-7-8-14(18)10-5-3-4-6-11(9-10)15(12)16;/h3-6,12,15H,9H2;/q-1;+1. The first-order valence-electron chi connectivity index (χ1n) is 5.36. The second-order valence-electron chi connectivity index (χ2n) is 3.96. The van der Waals surface area contributed by atoms with E-state index in [1.165, 1.54) is 0 Å². The summed E-state index contributed by atoms with van der Waals surface area (Å²) in [5.74, 6) is 4.95. The van der Waals surface area contributed by atoms with Crippen LogP contribution < -0.4 is 0 Å². The molecule has 0 amide bonds. The van der Waals surface area contributed by atoms with Crippen LogP contribution >= 0.6 is 11.6 Å². The van der Waals surface area contributed by atoms with Crippen LogP contribution in [0.25, 0.3) is 0 Å². The number of carbonyl (C=O) groups is 2. The van der Waals surface area contributed by atoms with Crippen LogP contribution in [-0.4, -0.2) is 16.9 Å². The van der Waals surface area contributed by atoms with Gasteiger partial charge in [0.05, 0.1) is 11.2 Å². The third-order valence-electron chi connectivity index (χ3n) is 2.80. The average Bonchev–Trinajstić information content (AvgIpc) is 2.63. The number of hydrogen-bond acceptors (Lipinski definition) is 2. The second kappa shape index (κ2) is 6.60. The van der Waals surface area contributed by atoms with Crippen LogP contribution in [0.4, 0.5) is 0 Å². The van der Waals surface area contributed by atoms with E-state index in [4.69, 9.17) is 18.0 Å². The van der Waals surface area contributed by atoms with Crippen molar-refractivity contribution in [3.8, 4) is 17.8 Å². The number of fused-ring (bicyclic) bond motifs is 2. The number of carbonyl (C=O) groups excluding carboxylic acids is 2. The maximum atomic E-state index is 11.8. The molecule has 0 N–H and O–H groups in total. The van der Waals surface area contributed by atoms with Gasteiger partial charge in [0, 0.05) is 11.5 Å². The molecule has 2 rings (SSSR count). The first-order chi connectivity index (χ1) is 8.63. The van der Waals surface area contributed by atoms with Crippen LogP contribution in [0.5, 0.6) is 0 Å². The predicted octanol–water partition coefficient (Wildman–Crippen LogP) is 1.77. The van der Waals surface area contributed by atoms with Gasteiger partial charge in [0.2, 0.25) is 5.78 Å². The molecule has 0 heterocycles.